The Morgan fingerprint density at radius 1 is 0.500 bits per heavy atom. The van der Waals surface area contributed by atoms with Crippen molar-refractivity contribution >= 4 is 69.5 Å². The minimum Gasteiger partial charge on any atom is -0.457 e. The smallest absolute Gasteiger partial charge is 0.149 e. The normalized spacial score (nSPS) is 17.0. The molecule has 2 aliphatic heterocycles. The van der Waals surface area contributed by atoms with Crippen molar-refractivity contribution in [3.63, 3.8) is 0 Å². The quantitative estimate of drug-likeness (QED) is 0.185. The molecule has 0 aliphatic carbocycles. The highest BCUT2D eigenvalue weighted by Crippen LogP contribution is 2.47. The van der Waals surface area contributed by atoms with Crippen molar-refractivity contribution in [1.29, 1.82) is 0 Å². The molecule has 0 radical (unpaired) electrons. The Kier molecular flexibility index (Phi) is 6.03. The van der Waals surface area contributed by atoms with E-state index >= 15 is 0 Å². The Bertz CT molecular complexity index is 2870. The first kappa shape index (κ1) is 28.0. The third-order valence-electron chi connectivity index (χ3n) is 10.5. The molecule has 4 heteroatoms. The molecule has 8 aromatic carbocycles. The van der Waals surface area contributed by atoms with E-state index in [1.165, 1.54) is 69.2 Å². The van der Waals surface area contributed by atoms with Crippen LogP contribution in [0.1, 0.15) is 28.9 Å². The topological polar surface area (TPSA) is 33.3 Å². The Labute approximate surface area is 293 Å². The van der Waals surface area contributed by atoms with E-state index < -0.39 is 0 Å². The number of nitrogens with one attached hydrogen (secondary N) is 2. The second kappa shape index (κ2) is 10.8. The second-order valence-electron chi connectivity index (χ2n) is 13.3. The molecular formula is C46H30N2OS. The summed E-state index contributed by atoms with van der Waals surface area (Å²) in [4.78, 5) is 0. The Hall–Kier alpha value is -5.94. The number of para-hydroxylation sites is 1. The molecule has 236 valence electrons. The van der Waals surface area contributed by atoms with Gasteiger partial charge in [-0.3, -0.25) is 5.32 Å². The van der Waals surface area contributed by atoms with Crippen LogP contribution in [0.2, 0.25) is 0 Å². The maximum absolute atomic E-state index is 6.56. The molecule has 0 amide bonds. The van der Waals surface area contributed by atoms with Gasteiger partial charge in [0.25, 0.3) is 0 Å². The molecule has 2 unspecified atom stereocenters. The summed E-state index contributed by atoms with van der Waals surface area (Å²) in [5.74, 6) is 1.82. The van der Waals surface area contributed by atoms with E-state index in [0.717, 1.165) is 28.3 Å². The molecule has 2 atom stereocenters. The van der Waals surface area contributed by atoms with Crippen molar-refractivity contribution in [2.75, 3.05) is 0 Å². The van der Waals surface area contributed by atoms with Crippen molar-refractivity contribution in [3.8, 4) is 16.9 Å². The van der Waals surface area contributed by atoms with Gasteiger partial charge in [-0.25, -0.2) is 0 Å². The van der Waals surface area contributed by atoms with Crippen LogP contribution >= 0.6 is 11.3 Å². The highest BCUT2D eigenvalue weighted by Gasteiger charge is 2.38. The number of hydrogen-bond donors (Lipinski definition) is 2. The fourth-order valence-corrected chi connectivity index (χ4v) is 9.36. The third-order valence-corrected chi connectivity index (χ3v) is 11.7. The minimum absolute atomic E-state index is 0.0753. The largest absolute Gasteiger partial charge is 0.457 e. The first-order valence-electron chi connectivity index (χ1n) is 17.2. The van der Waals surface area contributed by atoms with Gasteiger partial charge < -0.3 is 10.1 Å². The molecule has 2 aliphatic rings. The van der Waals surface area contributed by atoms with Gasteiger partial charge in [0.05, 0.1) is 11.7 Å². The zero-order valence-corrected chi connectivity index (χ0v) is 27.8. The lowest BCUT2D eigenvalue weighted by atomic mass is 9.87. The zero-order valence-electron chi connectivity index (χ0n) is 27.0. The van der Waals surface area contributed by atoms with E-state index in [4.69, 9.17) is 4.74 Å². The molecule has 3 nitrogen and oxygen atoms in total. The fraction of sp³-hybridized carbons (Fsp3) is 0.0435. The number of fused-ring (bicyclic) bond motifs is 12. The van der Waals surface area contributed by atoms with E-state index in [2.05, 4.69) is 162 Å². The molecule has 1 aromatic heterocycles. The van der Waals surface area contributed by atoms with Gasteiger partial charge in [0, 0.05) is 31.3 Å². The van der Waals surface area contributed by atoms with Gasteiger partial charge in [-0.15, -0.1) is 11.3 Å². The lowest BCUT2D eigenvalue weighted by Crippen LogP contribution is -2.41. The van der Waals surface area contributed by atoms with Crippen LogP contribution in [0.15, 0.2) is 163 Å². The number of thiophene rings is 1. The number of ether oxygens (including phenoxy) is 1. The van der Waals surface area contributed by atoms with Crippen LogP contribution in [0.5, 0.6) is 5.75 Å². The maximum Gasteiger partial charge on any atom is 0.149 e. The summed E-state index contributed by atoms with van der Waals surface area (Å²) < 4.78 is 9.19. The fourth-order valence-electron chi connectivity index (χ4n) is 8.27. The van der Waals surface area contributed by atoms with Gasteiger partial charge in [0.2, 0.25) is 0 Å². The van der Waals surface area contributed by atoms with Crippen LogP contribution in [0, 0.1) is 0 Å². The van der Waals surface area contributed by atoms with Crippen LogP contribution in [-0.2, 0) is 0 Å². The predicted molar refractivity (Wildman–Crippen MR) is 209 cm³/mol. The van der Waals surface area contributed by atoms with Crippen LogP contribution in [0.4, 0.5) is 0 Å². The van der Waals surface area contributed by atoms with Crippen LogP contribution < -0.4 is 15.4 Å². The van der Waals surface area contributed by atoms with Crippen molar-refractivity contribution in [3.05, 3.63) is 180 Å². The Balaban J connectivity index is 1.19. The van der Waals surface area contributed by atoms with Crippen molar-refractivity contribution in [2.45, 2.75) is 12.2 Å². The molecule has 50 heavy (non-hydrogen) atoms. The van der Waals surface area contributed by atoms with Gasteiger partial charge in [-0.2, -0.15) is 0 Å². The Morgan fingerprint density at radius 2 is 1.16 bits per heavy atom. The third kappa shape index (κ3) is 4.13. The standard InChI is InChI=1S/C46H30N2OS/c1-2-12-27(13-3-1)43-45-44(35-19-8-10-20-39(35)49-45)48-46(47-43)29-25-36(28-22-23-41-37(24-28)33-17-9-11-21-40(33)50-41)42-34-18-7-6-15-31(34)30-14-4-5-16-32(30)38(42)26-29/h1-26,44,46-48H. The van der Waals surface area contributed by atoms with Crippen LogP contribution in [0.3, 0.4) is 0 Å². The number of hydrogen-bond acceptors (Lipinski definition) is 4. The molecule has 0 fully saturated rings. The second-order valence-corrected chi connectivity index (χ2v) is 14.4. The van der Waals surface area contributed by atoms with Crippen molar-refractivity contribution in [2.24, 2.45) is 0 Å². The summed E-state index contributed by atoms with van der Waals surface area (Å²) in [7, 11) is 0. The average Bonchev–Trinajstić information content (AvgIpc) is 3.75. The van der Waals surface area contributed by atoms with Crippen LogP contribution in [0.25, 0.3) is 69.3 Å². The van der Waals surface area contributed by atoms with Gasteiger partial charge in [-0.1, -0.05) is 121 Å². The molecule has 2 N–H and O–H groups in total. The maximum atomic E-state index is 6.56. The Morgan fingerprint density at radius 3 is 2.00 bits per heavy atom. The average molecular weight is 659 g/mol. The van der Waals surface area contributed by atoms with E-state index in [1.807, 2.05) is 17.4 Å². The van der Waals surface area contributed by atoms with Gasteiger partial charge in [-0.05, 0) is 85.4 Å². The molecule has 0 bridgehead atoms. The summed E-state index contributed by atoms with van der Waals surface area (Å²) >= 11 is 1.86. The molecule has 11 rings (SSSR count). The molecule has 0 saturated heterocycles. The molecule has 3 heterocycles. The minimum atomic E-state index is -0.173. The van der Waals surface area contributed by atoms with Crippen molar-refractivity contribution in [1.82, 2.24) is 10.6 Å². The van der Waals surface area contributed by atoms with Gasteiger partial charge >= 0.3 is 0 Å². The van der Waals surface area contributed by atoms with E-state index in [-0.39, 0.29) is 12.2 Å². The van der Waals surface area contributed by atoms with Crippen LogP contribution in [-0.4, -0.2) is 0 Å². The van der Waals surface area contributed by atoms with E-state index in [0.29, 0.717) is 0 Å². The zero-order chi connectivity index (χ0) is 32.8. The van der Waals surface area contributed by atoms with E-state index in [9.17, 15) is 0 Å². The molecular weight excluding hydrogens is 629 g/mol. The number of rotatable bonds is 3. The summed E-state index contributed by atoms with van der Waals surface area (Å²) in [5.41, 5.74) is 6.93. The first-order valence-corrected chi connectivity index (χ1v) is 18.0. The van der Waals surface area contributed by atoms with E-state index in [1.54, 1.807) is 0 Å². The molecule has 9 aromatic rings. The lowest BCUT2D eigenvalue weighted by Gasteiger charge is -2.33. The SMILES string of the molecule is c1ccc(C2=C3Oc4ccccc4C3NC(c3cc(-c4ccc5sc6ccccc6c5c4)c4c5ccccc5c5ccccc5c4c3)N2)cc1. The lowest BCUT2D eigenvalue weighted by molar-refractivity contribution is 0.348. The summed E-state index contributed by atoms with van der Waals surface area (Å²) in [6.07, 6.45) is -0.173. The molecule has 0 spiro atoms. The first-order chi connectivity index (χ1) is 24.8. The highest BCUT2D eigenvalue weighted by molar-refractivity contribution is 7.25. The summed E-state index contributed by atoms with van der Waals surface area (Å²) in [6, 6.07) is 57.2. The van der Waals surface area contributed by atoms with Gasteiger partial charge in [0.1, 0.15) is 17.7 Å². The predicted octanol–water partition coefficient (Wildman–Crippen LogP) is 11.9. The monoisotopic (exact) mass is 658 g/mol. The summed E-state index contributed by atoms with van der Waals surface area (Å²) in [6.45, 7) is 0. The van der Waals surface area contributed by atoms with Gasteiger partial charge in [0.15, 0.2) is 0 Å². The summed E-state index contributed by atoms with van der Waals surface area (Å²) in [5, 5.41) is 18.1. The molecule has 0 saturated carbocycles. The van der Waals surface area contributed by atoms with Crippen molar-refractivity contribution < 1.29 is 4.74 Å². The number of benzene rings is 8. The highest BCUT2D eigenvalue weighted by atomic mass is 32.1.